The zero-order valence-electron chi connectivity index (χ0n) is 12.3. The SMILES string of the molecule is C=C(CNCCC)Cn1c(=O)c([N+](=O)[O-])cn(CC)c1=O. The molecule has 1 aromatic rings. The molecule has 8 nitrogen and oxygen atoms in total. The molecule has 0 saturated carbocycles. The van der Waals surface area contributed by atoms with Crippen LogP contribution in [0.15, 0.2) is 27.9 Å². The van der Waals surface area contributed by atoms with Crippen molar-refractivity contribution >= 4 is 5.69 Å². The van der Waals surface area contributed by atoms with Crippen molar-refractivity contribution in [2.24, 2.45) is 0 Å². The molecule has 0 radical (unpaired) electrons. The summed E-state index contributed by atoms with van der Waals surface area (Å²) in [6.07, 6.45) is 1.94. The standard InChI is InChI=1S/C13H20N4O4/c1-4-6-14-7-10(3)8-16-12(18)11(17(20)21)9-15(5-2)13(16)19/h9,14H,3-8H2,1-2H3. The Morgan fingerprint density at radius 1 is 1.43 bits per heavy atom. The summed E-state index contributed by atoms with van der Waals surface area (Å²) in [6.45, 7) is 8.95. The molecule has 0 fully saturated rings. The lowest BCUT2D eigenvalue weighted by molar-refractivity contribution is -0.387. The van der Waals surface area contributed by atoms with Gasteiger partial charge in [0.1, 0.15) is 0 Å². The fourth-order valence-corrected chi connectivity index (χ4v) is 1.85. The minimum absolute atomic E-state index is 0.0317. The molecule has 21 heavy (non-hydrogen) atoms. The van der Waals surface area contributed by atoms with Gasteiger partial charge in [-0.1, -0.05) is 13.5 Å². The molecule has 0 aliphatic rings. The van der Waals surface area contributed by atoms with Crippen LogP contribution in [0.1, 0.15) is 20.3 Å². The van der Waals surface area contributed by atoms with Crippen molar-refractivity contribution in [2.75, 3.05) is 13.1 Å². The van der Waals surface area contributed by atoms with E-state index in [0.29, 0.717) is 12.1 Å². The van der Waals surface area contributed by atoms with Gasteiger partial charge in [0.05, 0.1) is 17.7 Å². The van der Waals surface area contributed by atoms with Crippen LogP contribution in [0, 0.1) is 10.1 Å². The number of hydrogen-bond donors (Lipinski definition) is 1. The van der Waals surface area contributed by atoms with Crippen LogP contribution in [-0.4, -0.2) is 27.1 Å². The highest BCUT2D eigenvalue weighted by Gasteiger charge is 2.19. The van der Waals surface area contributed by atoms with E-state index in [2.05, 4.69) is 11.9 Å². The van der Waals surface area contributed by atoms with Gasteiger partial charge in [0.25, 0.3) is 0 Å². The molecule has 1 N–H and O–H groups in total. The highest BCUT2D eigenvalue weighted by molar-refractivity contribution is 5.22. The second-order valence-electron chi connectivity index (χ2n) is 4.66. The Morgan fingerprint density at radius 2 is 2.10 bits per heavy atom. The number of nitro groups is 1. The zero-order valence-corrected chi connectivity index (χ0v) is 12.3. The summed E-state index contributed by atoms with van der Waals surface area (Å²) in [5.74, 6) is 0. The number of rotatable bonds is 8. The normalized spacial score (nSPS) is 10.6. The van der Waals surface area contributed by atoms with E-state index in [0.717, 1.165) is 28.3 Å². The minimum Gasteiger partial charge on any atom is -0.313 e. The Labute approximate surface area is 121 Å². The first kappa shape index (κ1) is 16.8. The van der Waals surface area contributed by atoms with Crippen LogP contribution in [0.25, 0.3) is 0 Å². The fourth-order valence-electron chi connectivity index (χ4n) is 1.85. The van der Waals surface area contributed by atoms with Gasteiger partial charge in [-0.05, 0) is 25.5 Å². The lowest BCUT2D eigenvalue weighted by atomic mass is 10.3. The second-order valence-corrected chi connectivity index (χ2v) is 4.66. The Hall–Kier alpha value is -2.22. The quantitative estimate of drug-likeness (QED) is 0.326. The van der Waals surface area contributed by atoms with Crippen LogP contribution in [0.3, 0.4) is 0 Å². The van der Waals surface area contributed by atoms with Gasteiger partial charge in [-0.3, -0.25) is 24.0 Å². The van der Waals surface area contributed by atoms with Crippen molar-refractivity contribution in [3.05, 3.63) is 49.3 Å². The molecule has 0 spiro atoms. The summed E-state index contributed by atoms with van der Waals surface area (Å²) < 4.78 is 2.00. The van der Waals surface area contributed by atoms with E-state index in [1.165, 1.54) is 0 Å². The summed E-state index contributed by atoms with van der Waals surface area (Å²) in [4.78, 5) is 34.2. The maximum absolute atomic E-state index is 12.1. The summed E-state index contributed by atoms with van der Waals surface area (Å²) in [6, 6.07) is 0. The first-order chi connectivity index (χ1) is 9.92. The Morgan fingerprint density at radius 3 is 2.62 bits per heavy atom. The molecule has 0 atom stereocenters. The third kappa shape index (κ3) is 4.12. The summed E-state index contributed by atoms with van der Waals surface area (Å²) in [5.41, 5.74) is -1.45. The Kier molecular flexibility index (Phi) is 6.04. The van der Waals surface area contributed by atoms with Crippen molar-refractivity contribution < 1.29 is 4.92 Å². The van der Waals surface area contributed by atoms with Crippen LogP contribution in [0.2, 0.25) is 0 Å². The molecule has 0 bridgehead atoms. The Balaban J connectivity index is 3.14. The lowest BCUT2D eigenvalue weighted by Crippen LogP contribution is -2.41. The second kappa shape index (κ2) is 7.53. The van der Waals surface area contributed by atoms with Crippen molar-refractivity contribution in [3.8, 4) is 0 Å². The van der Waals surface area contributed by atoms with Crippen molar-refractivity contribution in [3.63, 3.8) is 0 Å². The maximum Gasteiger partial charge on any atom is 0.350 e. The molecule has 0 unspecified atom stereocenters. The van der Waals surface area contributed by atoms with Crippen LogP contribution in [0.4, 0.5) is 5.69 Å². The monoisotopic (exact) mass is 296 g/mol. The van der Waals surface area contributed by atoms with Crippen LogP contribution >= 0.6 is 0 Å². The maximum atomic E-state index is 12.1. The van der Waals surface area contributed by atoms with E-state index in [4.69, 9.17) is 0 Å². The molecule has 0 aliphatic carbocycles. The Bertz CT molecular complexity index is 645. The number of aryl methyl sites for hydroxylation is 1. The third-order valence-electron chi connectivity index (χ3n) is 2.94. The van der Waals surface area contributed by atoms with E-state index in [9.17, 15) is 19.7 Å². The number of aromatic nitrogens is 2. The van der Waals surface area contributed by atoms with Gasteiger partial charge in [0.2, 0.25) is 0 Å². The number of nitrogens with zero attached hydrogens (tertiary/aromatic N) is 3. The van der Waals surface area contributed by atoms with E-state index < -0.39 is 21.9 Å². The molecule has 1 rings (SSSR count). The topological polar surface area (TPSA) is 99.2 Å². The van der Waals surface area contributed by atoms with Crippen molar-refractivity contribution in [1.29, 1.82) is 0 Å². The molecule has 1 aromatic heterocycles. The van der Waals surface area contributed by atoms with Gasteiger partial charge in [-0.15, -0.1) is 0 Å². The molecule has 0 saturated heterocycles. The van der Waals surface area contributed by atoms with Gasteiger partial charge >= 0.3 is 16.9 Å². The summed E-state index contributed by atoms with van der Waals surface area (Å²) >= 11 is 0. The lowest BCUT2D eigenvalue weighted by Gasteiger charge is -2.11. The van der Waals surface area contributed by atoms with Crippen LogP contribution < -0.4 is 16.6 Å². The average molecular weight is 296 g/mol. The molecule has 8 heteroatoms. The smallest absolute Gasteiger partial charge is 0.313 e. The van der Waals surface area contributed by atoms with Gasteiger partial charge in [-0.2, -0.15) is 0 Å². The molecule has 1 heterocycles. The van der Waals surface area contributed by atoms with Crippen LogP contribution in [-0.2, 0) is 13.1 Å². The van der Waals surface area contributed by atoms with E-state index in [1.807, 2.05) is 6.92 Å². The molecule has 116 valence electrons. The van der Waals surface area contributed by atoms with Crippen molar-refractivity contribution in [2.45, 2.75) is 33.4 Å². The molecule has 0 aromatic carbocycles. The minimum atomic E-state index is -0.897. The fraction of sp³-hybridized carbons (Fsp3) is 0.538. The molecular formula is C13H20N4O4. The third-order valence-corrected chi connectivity index (χ3v) is 2.94. The average Bonchev–Trinajstić information content (AvgIpc) is 2.43. The predicted molar refractivity (Wildman–Crippen MR) is 79.6 cm³/mol. The summed E-state index contributed by atoms with van der Waals surface area (Å²) in [7, 11) is 0. The largest absolute Gasteiger partial charge is 0.350 e. The van der Waals surface area contributed by atoms with Gasteiger partial charge in [0, 0.05) is 13.1 Å². The highest BCUT2D eigenvalue weighted by atomic mass is 16.6. The number of hydrogen-bond acceptors (Lipinski definition) is 5. The van der Waals surface area contributed by atoms with Gasteiger partial charge in [0.15, 0.2) is 0 Å². The highest BCUT2D eigenvalue weighted by Crippen LogP contribution is 2.01. The predicted octanol–water partition coefficient (Wildman–Crippen LogP) is 0.494. The van der Waals surface area contributed by atoms with E-state index in [1.54, 1.807) is 6.92 Å². The first-order valence-electron chi connectivity index (χ1n) is 6.78. The first-order valence-corrected chi connectivity index (χ1v) is 6.78. The van der Waals surface area contributed by atoms with Gasteiger partial charge < -0.3 is 5.32 Å². The van der Waals surface area contributed by atoms with Crippen LogP contribution in [0.5, 0.6) is 0 Å². The molecule has 0 aliphatic heterocycles. The summed E-state index contributed by atoms with van der Waals surface area (Å²) in [5, 5.41) is 14.0. The molecule has 0 amide bonds. The van der Waals surface area contributed by atoms with Gasteiger partial charge in [-0.25, -0.2) is 4.79 Å². The number of nitrogens with one attached hydrogen (secondary N) is 1. The van der Waals surface area contributed by atoms with E-state index in [-0.39, 0.29) is 13.1 Å². The van der Waals surface area contributed by atoms with E-state index >= 15 is 0 Å². The zero-order chi connectivity index (χ0) is 16.0. The van der Waals surface area contributed by atoms with Crippen molar-refractivity contribution in [1.82, 2.24) is 14.5 Å². The molecular weight excluding hydrogens is 276 g/mol.